The van der Waals surface area contributed by atoms with Gasteiger partial charge in [0.1, 0.15) is 0 Å². The second-order valence-corrected chi connectivity index (χ2v) is 6.38. The molecule has 3 heteroatoms. The van der Waals surface area contributed by atoms with Crippen molar-refractivity contribution in [3.05, 3.63) is 0 Å². The number of nitrogens with one attached hydrogen (secondary N) is 1. The molecule has 1 heterocycles. The van der Waals surface area contributed by atoms with Gasteiger partial charge in [-0.15, -0.1) is 0 Å². The van der Waals surface area contributed by atoms with Crippen molar-refractivity contribution in [3.63, 3.8) is 0 Å². The first kappa shape index (κ1) is 15.3. The second kappa shape index (κ2) is 8.23. The Bertz CT molecular complexity index is 241. The minimum absolute atomic E-state index is 0.482. The zero-order chi connectivity index (χ0) is 13.5. The van der Waals surface area contributed by atoms with E-state index in [9.17, 15) is 0 Å². The van der Waals surface area contributed by atoms with Crippen LogP contribution in [0.4, 0.5) is 0 Å². The average Bonchev–Trinajstić information content (AvgIpc) is 3.04. The van der Waals surface area contributed by atoms with Gasteiger partial charge in [-0.3, -0.25) is 0 Å². The van der Waals surface area contributed by atoms with Gasteiger partial charge in [-0.2, -0.15) is 0 Å². The van der Waals surface area contributed by atoms with Crippen molar-refractivity contribution in [1.29, 1.82) is 0 Å². The zero-order valence-corrected chi connectivity index (χ0v) is 12.7. The summed E-state index contributed by atoms with van der Waals surface area (Å²) in [5, 5.41) is 3.57. The molecule has 112 valence electrons. The van der Waals surface area contributed by atoms with Crippen molar-refractivity contribution in [2.45, 2.75) is 64.1 Å². The molecule has 0 amide bonds. The van der Waals surface area contributed by atoms with Crippen LogP contribution in [-0.4, -0.2) is 39.0 Å². The predicted molar refractivity (Wildman–Crippen MR) is 78.4 cm³/mol. The molecule has 0 aromatic heterocycles. The minimum Gasteiger partial charge on any atom is -0.383 e. The van der Waals surface area contributed by atoms with E-state index in [1.807, 2.05) is 0 Å². The molecule has 19 heavy (non-hydrogen) atoms. The van der Waals surface area contributed by atoms with Crippen LogP contribution < -0.4 is 5.32 Å². The van der Waals surface area contributed by atoms with Gasteiger partial charge < -0.3 is 14.8 Å². The Hall–Kier alpha value is -0.120. The fourth-order valence-electron chi connectivity index (χ4n) is 3.73. The second-order valence-electron chi connectivity index (χ2n) is 6.38. The molecule has 2 fully saturated rings. The fraction of sp³-hybridized carbons (Fsp3) is 1.00. The van der Waals surface area contributed by atoms with E-state index >= 15 is 0 Å². The van der Waals surface area contributed by atoms with E-state index in [4.69, 9.17) is 9.47 Å². The molecule has 1 saturated carbocycles. The lowest BCUT2D eigenvalue weighted by Gasteiger charge is -2.26. The third-order valence-corrected chi connectivity index (χ3v) is 4.84. The van der Waals surface area contributed by atoms with Crippen molar-refractivity contribution < 1.29 is 9.47 Å². The minimum atomic E-state index is 0.482. The third kappa shape index (κ3) is 5.05. The highest BCUT2D eigenvalue weighted by atomic mass is 16.5. The van der Waals surface area contributed by atoms with Gasteiger partial charge in [0, 0.05) is 13.7 Å². The SMILES string of the molecule is COCCNCC(CC1CCC(C)O1)C1CCCC1. The van der Waals surface area contributed by atoms with E-state index in [1.54, 1.807) is 7.11 Å². The maximum atomic E-state index is 6.03. The molecular weight excluding hydrogens is 238 g/mol. The van der Waals surface area contributed by atoms with Crippen LogP contribution in [0.3, 0.4) is 0 Å². The Labute approximate surface area is 118 Å². The van der Waals surface area contributed by atoms with Crippen LogP contribution in [0, 0.1) is 11.8 Å². The maximum absolute atomic E-state index is 6.03. The first-order valence-corrected chi connectivity index (χ1v) is 8.14. The van der Waals surface area contributed by atoms with Gasteiger partial charge in [-0.05, 0) is 44.6 Å². The van der Waals surface area contributed by atoms with Crippen LogP contribution in [-0.2, 0) is 9.47 Å². The van der Waals surface area contributed by atoms with E-state index in [1.165, 1.54) is 44.9 Å². The lowest BCUT2D eigenvalue weighted by atomic mass is 9.85. The van der Waals surface area contributed by atoms with Crippen molar-refractivity contribution in [3.8, 4) is 0 Å². The van der Waals surface area contributed by atoms with Gasteiger partial charge in [-0.1, -0.05) is 25.7 Å². The molecule has 1 aliphatic heterocycles. The molecule has 0 aromatic rings. The van der Waals surface area contributed by atoms with Gasteiger partial charge in [0.05, 0.1) is 18.8 Å². The smallest absolute Gasteiger partial charge is 0.0587 e. The lowest BCUT2D eigenvalue weighted by molar-refractivity contribution is 0.0342. The molecule has 1 aliphatic carbocycles. The summed E-state index contributed by atoms with van der Waals surface area (Å²) in [7, 11) is 1.77. The van der Waals surface area contributed by atoms with Crippen LogP contribution in [0.15, 0.2) is 0 Å². The number of hydrogen-bond donors (Lipinski definition) is 1. The van der Waals surface area contributed by atoms with E-state index in [0.717, 1.165) is 31.5 Å². The van der Waals surface area contributed by atoms with Crippen LogP contribution in [0.5, 0.6) is 0 Å². The highest BCUT2D eigenvalue weighted by Gasteiger charge is 2.30. The quantitative estimate of drug-likeness (QED) is 0.687. The molecule has 3 atom stereocenters. The van der Waals surface area contributed by atoms with E-state index in [2.05, 4.69) is 12.2 Å². The molecule has 2 rings (SSSR count). The predicted octanol–water partition coefficient (Wildman–Crippen LogP) is 2.99. The largest absolute Gasteiger partial charge is 0.383 e. The molecule has 0 aromatic carbocycles. The van der Waals surface area contributed by atoms with Gasteiger partial charge >= 0.3 is 0 Å². The monoisotopic (exact) mass is 269 g/mol. The fourth-order valence-corrected chi connectivity index (χ4v) is 3.73. The Morgan fingerprint density at radius 3 is 2.63 bits per heavy atom. The molecule has 2 aliphatic rings. The summed E-state index contributed by atoms with van der Waals surface area (Å²) in [6, 6.07) is 0. The molecule has 0 bridgehead atoms. The standard InChI is InChI=1S/C16H31NO2/c1-13-7-8-16(19-13)11-15(12-17-9-10-18-2)14-5-3-4-6-14/h13-17H,3-12H2,1-2H3. The summed E-state index contributed by atoms with van der Waals surface area (Å²) < 4.78 is 11.1. The Morgan fingerprint density at radius 1 is 1.21 bits per heavy atom. The van der Waals surface area contributed by atoms with Crippen LogP contribution in [0.1, 0.15) is 51.9 Å². The Morgan fingerprint density at radius 2 is 2.00 bits per heavy atom. The van der Waals surface area contributed by atoms with Crippen LogP contribution >= 0.6 is 0 Å². The van der Waals surface area contributed by atoms with Crippen LogP contribution in [0.2, 0.25) is 0 Å². The molecule has 0 spiro atoms. The zero-order valence-electron chi connectivity index (χ0n) is 12.7. The van der Waals surface area contributed by atoms with E-state index < -0.39 is 0 Å². The molecule has 3 unspecified atom stereocenters. The summed E-state index contributed by atoms with van der Waals surface area (Å²) in [6.07, 6.45) is 10.5. The van der Waals surface area contributed by atoms with Crippen LogP contribution in [0.25, 0.3) is 0 Å². The summed E-state index contributed by atoms with van der Waals surface area (Å²) in [5.74, 6) is 1.73. The van der Waals surface area contributed by atoms with Gasteiger partial charge in [0.25, 0.3) is 0 Å². The summed E-state index contributed by atoms with van der Waals surface area (Å²) in [5.41, 5.74) is 0. The van der Waals surface area contributed by atoms with E-state index in [-0.39, 0.29) is 0 Å². The Balaban J connectivity index is 1.75. The van der Waals surface area contributed by atoms with Gasteiger partial charge in [0.2, 0.25) is 0 Å². The molecule has 0 radical (unpaired) electrons. The van der Waals surface area contributed by atoms with Crippen molar-refractivity contribution in [2.75, 3.05) is 26.8 Å². The molecule has 3 nitrogen and oxygen atoms in total. The first-order chi connectivity index (χ1) is 9.29. The highest BCUT2D eigenvalue weighted by Crippen LogP contribution is 2.35. The Kier molecular flexibility index (Phi) is 6.62. The first-order valence-electron chi connectivity index (χ1n) is 8.14. The molecule has 1 saturated heterocycles. The average molecular weight is 269 g/mol. The van der Waals surface area contributed by atoms with Gasteiger partial charge in [0.15, 0.2) is 0 Å². The molecular formula is C16H31NO2. The lowest BCUT2D eigenvalue weighted by Crippen LogP contribution is -2.32. The van der Waals surface area contributed by atoms with Crippen molar-refractivity contribution in [2.24, 2.45) is 11.8 Å². The van der Waals surface area contributed by atoms with Crippen molar-refractivity contribution in [1.82, 2.24) is 5.32 Å². The summed E-state index contributed by atoms with van der Waals surface area (Å²) in [4.78, 5) is 0. The number of methoxy groups -OCH3 is 1. The van der Waals surface area contributed by atoms with Crippen molar-refractivity contribution >= 4 is 0 Å². The molecule has 1 N–H and O–H groups in total. The third-order valence-electron chi connectivity index (χ3n) is 4.84. The number of hydrogen-bond acceptors (Lipinski definition) is 3. The summed E-state index contributed by atoms with van der Waals surface area (Å²) >= 11 is 0. The topological polar surface area (TPSA) is 30.5 Å². The van der Waals surface area contributed by atoms with E-state index in [0.29, 0.717) is 12.2 Å². The highest BCUT2D eigenvalue weighted by molar-refractivity contribution is 4.82. The number of ether oxygens (including phenoxy) is 2. The van der Waals surface area contributed by atoms with Gasteiger partial charge in [-0.25, -0.2) is 0 Å². The maximum Gasteiger partial charge on any atom is 0.0587 e. The normalized spacial score (nSPS) is 30.0. The summed E-state index contributed by atoms with van der Waals surface area (Å²) in [6.45, 7) is 5.14. The number of rotatable bonds is 8.